The van der Waals surface area contributed by atoms with Crippen LogP contribution in [0.5, 0.6) is 0 Å². The second-order valence-electron chi connectivity index (χ2n) is 10.2. The first-order valence-corrected chi connectivity index (χ1v) is 11.8. The lowest BCUT2D eigenvalue weighted by Gasteiger charge is -2.32. The molecule has 0 unspecified atom stereocenters. The Morgan fingerprint density at radius 1 is 1.21 bits per heavy atom. The van der Waals surface area contributed by atoms with E-state index in [1.54, 1.807) is 0 Å². The first kappa shape index (κ1) is 24.9. The summed E-state index contributed by atoms with van der Waals surface area (Å²) in [5.74, 6) is -3.14. The molecule has 190 valence electrons. The second kappa shape index (κ2) is 9.10. The van der Waals surface area contributed by atoms with Crippen LogP contribution < -0.4 is 10.6 Å². The number of alkyl halides is 3. The zero-order valence-electron chi connectivity index (χ0n) is 18.8. The number of ether oxygens (including phenoxy) is 1. The van der Waals surface area contributed by atoms with Crippen LogP contribution in [0, 0.1) is 11.3 Å². The third-order valence-corrected chi connectivity index (χ3v) is 7.62. The first-order chi connectivity index (χ1) is 15.9. The molecule has 3 N–H and O–H groups in total. The Morgan fingerprint density at radius 2 is 1.88 bits per heavy atom. The summed E-state index contributed by atoms with van der Waals surface area (Å²) in [6, 6.07) is -2.30. The highest BCUT2D eigenvalue weighted by molar-refractivity contribution is 5.95. The molecule has 3 atom stereocenters. The van der Waals surface area contributed by atoms with Crippen LogP contribution in [0.1, 0.15) is 57.8 Å². The Morgan fingerprint density at radius 3 is 2.44 bits per heavy atom. The molecule has 2 aliphatic carbocycles. The molecular weight excluding hydrogens is 459 g/mol. The second-order valence-corrected chi connectivity index (χ2v) is 10.2. The van der Waals surface area contributed by atoms with Crippen molar-refractivity contribution in [3.05, 3.63) is 0 Å². The van der Waals surface area contributed by atoms with Crippen LogP contribution in [0.3, 0.4) is 0 Å². The molecule has 0 aromatic heterocycles. The minimum atomic E-state index is -5.02. The molecule has 3 amide bonds. The van der Waals surface area contributed by atoms with Gasteiger partial charge in [0.15, 0.2) is 5.78 Å². The molecular formula is C22H30F3N3O6. The lowest BCUT2D eigenvalue weighted by Crippen LogP contribution is -2.56. The van der Waals surface area contributed by atoms with Gasteiger partial charge in [0, 0.05) is 19.0 Å². The fraction of sp³-hybridized carbons (Fsp3) is 0.818. The van der Waals surface area contributed by atoms with Gasteiger partial charge in [-0.3, -0.25) is 23.9 Å². The standard InChI is InChI=1S/C22H30F3N3O6/c23-22(24,25)34-11-16(29)14(9-13-3-8-26-17(13)30)27-18(31)15-10-20(6-7-20)12-28(15)19(32)21(33)4-1-2-5-21/h13-15,33H,1-12H2,(H,26,30)(H,27,31)/t13-,14-,15-/m0/s1. The molecule has 2 saturated carbocycles. The van der Waals surface area contributed by atoms with E-state index in [1.807, 2.05) is 0 Å². The average molecular weight is 489 g/mol. The van der Waals surface area contributed by atoms with Crippen LogP contribution in [-0.2, 0) is 23.9 Å². The molecule has 2 saturated heterocycles. The maximum atomic E-state index is 13.3. The number of amides is 3. The number of nitrogens with one attached hydrogen (secondary N) is 2. The van der Waals surface area contributed by atoms with Gasteiger partial charge in [-0.25, -0.2) is 0 Å². The first-order valence-electron chi connectivity index (χ1n) is 11.8. The zero-order chi connectivity index (χ0) is 24.7. The number of hydrogen-bond acceptors (Lipinski definition) is 6. The van der Waals surface area contributed by atoms with E-state index in [2.05, 4.69) is 15.4 Å². The molecule has 1 spiro atoms. The zero-order valence-corrected chi connectivity index (χ0v) is 18.8. The van der Waals surface area contributed by atoms with Crippen LogP contribution in [0.2, 0.25) is 0 Å². The topological polar surface area (TPSA) is 125 Å². The molecule has 4 fully saturated rings. The molecule has 9 nitrogen and oxygen atoms in total. The molecule has 2 aliphatic heterocycles. The number of halogens is 3. The third-order valence-electron chi connectivity index (χ3n) is 7.62. The summed E-state index contributed by atoms with van der Waals surface area (Å²) in [5.41, 5.74) is -1.71. The van der Waals surface area contributed by atoms with Crippen molar-refractivity contribution >= 4 is 23.5 Å². The number of carbonyl (C=O) groups excluding carboxylic acids is 4. The van der Waals surface area contributed by atoms with Crippen molar-refractivity contribution in [2.75, 3.05) is 19.7 Å². The van der Waals surface area contributed by atoms with E-state index in [0.29, 0.717) is 51.6 Å². The van der Waals surface area contributed by atoms with Crippen LogP contribution in [0.25, 0.3) is 0 Å². The fourth-order valence-corrected chi connectivity index (χ4v) is 5.43. The van der Waals surface area contributed by atoms with Crippen LogP contribution in [0.4, 0.5) is 13.2 Å². The summed E-state index contributed by atoms with van der Waals surface area (Å²) in [6.45, 7) is -0.587. The van der Waals surface area contributed by atoms with Gasteiger partial charge in [-0.1, -0.05) is 0 Å². The van der Waals surface area contributed by atoms with Gasteiger partial charge < -0.3 is 20.6 Å². The van der Waals surface area contributed by atoms with E-state index in [0.717, 1.165) is 12.8 Å². The minimum absolute atomic E-state index is 0.159. The van der Waals surface area contributed by atoms with E-state index in [4.69, 9.17) is 0 Å². The summed E-state index contributed by atoms with van der Waals surface area (Å²) >= 11 is 0. The number of likely N-dealkylation sites (tertiary alicyclic amines) is 1. The number of carbonyl (C=O) groups is 4. The number of rotatable bonds is 8. The average Bonchev–Trinajstić information content (AvgIpc) is 3.06. The molecule has 2 heterocycles. The number of Topliss-reactive ketones (excluding diaryl/α,β-unsaturated/α-hetero) is 1. The van der Waals surface area contributed by atoms with Gasteiger partial charge in [-0.15, -0.1) is 13.2 Å². The van der Waals surface area contributed by atoms with Gasteiger partial charge >= 0.3 is 6.36 Å². The Labute approximate surface area is 194 Å². The minimum Gasteiger partial charge on any atom is -0.380 e. The van der Waals surface area contributed by atoms with Gasteiger partial charge in [0.05, 0.1) is 6.04 Å². The number of ketones is 1. The van der Waals surface area contributed by atoms with E-state index < -0.39 is 54.2 Å². The van der Waals surface area contributed by atoms with E-state index in [1.165, 1.54) is 4.90 Å². The van der Waals surface area contributed by atoms with Crippen molar-refractivity contribution in [1.82, 2.24) is 15.5 Å². The fourth-order valence-electron chi connectivity index (χ4n) is 5.43. The molecule has 0 bridgehead atoms. The normalized spacial score (nSPS) is 28.1. The molecule has 4 aliphatic rings. The molecule has 34 heavy (non-hydrogen) atoms. The highest BCUT2D eigenvalue weighted by Crippen LogP contribution is 2.55. The Hall–Kier alpha value is -2.21. The summed E-state index contributed by atoms with van der Waals surface area (Å²) in [5, 5.41) is 15.9. The predicted octanol–water partition coefficient (Wildman–Crippen LogP) is 0.789. The van der Waals surface area contributed by atoms with Crippen LogP contribution >= 0.6 is 0 Å². The van der Waals surface area contributed by atoms with Crippen LogP contribution in [-0.4, -0.2) is 77.3 Å². The predicted molar refractivity (Wildman–Crippen MR) is 110 cm³/mol. The molecule has 0 aromatic rings. The monoisotopic (exact) mass is 489 g/mol. The number of nitrogens with zero attached hydrogens (tertiary/aromatic N) is 1. The Kier molecular flexibility index (Phi) is 6.67. The molecule has 0 radical (unpaired) electrons. The maximum absolute atomic E-state index is 13.3. The van der Waals surface area contributed by atoms with Crippen molar-refractivity contribution < 1.29 is 42.2 Å². The highest BCUT2D eigenvalue weighted by Gasteiger charge is 2.58. The number of hydrogen-bond donors (Lipinski definition) is 3. The van der Waals surface area contributed by atoms with Crippen molar-refractivity contribution in [1.29, 1.82) is 0 Å². The molecule has 0 aromatic carbocycles. The largest absolute Gasteiger partial charge is 0.522 e. The van der Waals surface area contributed by atoms with Crippen molar-refractivity contribution in [3.8, 4) is 0 Å². The Balaban J connectivity index is 1.48. The third kappa shape index (κ3) is 5.37. The summed E-state index contributed by atoms with van der Waals surface area (Å²) in [7, 11) is 0. The van der Waals surface area contributed by atoms with Gasteiger partial charge in [-0.2, -0.15) is 0 Å². The van der Waals surface area contributed by atoms with Crippen molar-refractivity contribution in [2.45, 2.75) is 81.8 Å². The number of aliphatic hydroxyl groups is 1. The summed E-state index contributed by atoms with van der Waals surface area (Å²) in [6.07, 6.45) is -0.702. The lowest BCUT2D eigenvalue weighted by molar-refractivity contribution is -0.321. The van der Waals surface area contributed by atoms with Gasteiger partial charge in [-0.05, 0) is 63.2 Å². The lowest BCUT2D eigenvalue weighted by atomic mass is 9.95. The smallest absolute Gasteiger partial charge is 0.380 e. The van der Waals surface area contributed by atoms with Gasteiger partial charge in [0.1, 0.15) is 18.2 Å². The molecule has 12 heteroatoms. The summed E-state index contributed by atoms with van der Waals surface area (Å²) < 4.78 is 41.1. The van der Waals surface area contributed by atoms with E-state index in [-0.39, 0.29) is 17.7 Å². The highest BCUT2D eigenvalue weighted by atomic mass is 19.4. The van der Waals surface area contributed by atoms with Crippen molar-refractivity contribution in [3.63, 3.8) is 0 Å². The van der Waals surface area contributed by atoms with Gasteiger partial charge in [0.25, 0.3) is 5.91 Å². The van der Waals surface area contributed by atoms with Gasteiger partial charge in [0.2, 0.25) is 11.8 Å². The summed E-state index contributed by atoms with van der Waals surface area (Å²) in [4.78, 5) is 52.4. The Bertz CT molecular complexity index is 853. The van der Waals surface area contributed by atoms with E-state index in [9.17, 15) is 37.5 Å². The molecule has 4 rings (SSSR count). The van der Waals surface area contributed by atoms with E-state index >= 15 is 0 Å². The quantitative estimate of drug-likeness (QED) is 0.463. The van der Waals surface area contributed by atoms with Crippen molar-refractivity contribution in [2.24, 2.45) is 11.3 Å². The maximum Gasteiger partial charge on any atom is 0.522 e. The SMILES string of the molecule is O=C1NCC[C@H]1C[C@H](NC(=O)[C@@H]1CC2(CC2)CN1C(=O)C1(O)CCCC1)C(=O)COC(F)(F)F. The van der Waals surface area contributed by atoms with Crippen LogP contribution in [0.15, 0.2) is 0 Å².